The van der Waals surface area contributed by atoms with Gasteiger partial charge < -0.3 is 15.5 Å². The van der Waals surface area contributed by atoms with Gasteiger partial charge >= 0.3 is 0 Å². The molecule has 0 spiro atoms. The molecule has 0 saturated heterocycles. The van der Waals surface area contributed by atoms with E-state index in [1.165, 1.54) is 26.4 Å². The van der Waals surface area contributed by atoms with Crippen LogP contribution in [0.2, 0.25) is 0 Å². The zero-order chi connectivity index (χ0) is 14.9. The predicted octanol–water partition coefficient (Wildman–Crippen LogP) is 2.89. The van der Waals surface area contributed by atoms with E-state index in [2.05, 4.69) is 47.1 Å². The number of rotatable bonds is 5. The van der Waals surface area contributed by atoms with Crippen molar-refractivity contribution in [2.45, 2.75) is 19.0 Å². The van der Waals surface area contributed by atoms with Crippen LogP contribution in [0, 0.1) is 0 Å². The van der Waals surface area contributed by atoms with Crippen molar-refractivity contribution in [3.63, 3.8) is 0 Å². The minimum Gasteiger partial charge on any atom is -0.394 e. The van der Waals surface area contributed by atoms with E-state index < -0.39 is 5.54 Å². The van der Waals surface area contributed by atoms with Gasteiger partial charge in [-0.25, -0.2) is 0 Å². The van der Waals surface area contributed by atoms with Gasteiger partial charge in [0.2, 0.25) is 0 Å². The Labute approximate surface area is 127 Å². The van der Waals surface area contributed by atoms with E-state index >= 15 is 0 Å². The summed E-state index contributed by atoms with van der Waals surface area (Å²) in [4.78, 5) is 0. The molecule has 110 valence electrons. The van der Waals surface area contributed by atoms with Crippen LogP contribution in [0.3, 0.4) is 0 Å². The van der Waals surface area contributed by atoms with Crippen LogP contribution < -0.4 is 5.32 Å². The Morgan fingerprint density at radius 3 is 2.57 bits per heavy atom. The molecular weight excluding hydrogens is 282 g/mol. The molecule has 1 heterocycles. The van der Waals surface area contributed by atoms with Crippen molar-refractivity contribution in [1.82, 2.24) is 5.32 Å². The maximum absolute atomic E-state index is 9.35. The maximum atomic E-state index is 9.35. The van der Waals surface area contributed by atoms with E-state index in [0.717, 1.165) is 0 Å². The fourth-order valence-corrected chi connectivity index (χ4v) is 3.53. The van der Waals surface area contributed by atoms with Crippen LogP contribution in [0.15, 0.2) is 41.8 Å². The number of fused-ring (bicyclic) bond motifs is 3. The van der Waals surface area contributed by atoms with Gasteiger partial charge in [0.25, 0.3) is 0 Å². The van der Waals surface area contributed by atoms with E-state index in [-0.39, 0.29) is 13.2 Å². The molecule has 4 heteroatoms. The molecule has 3 nitrogen and oxygen atoms in total. The second-order valence-corrected chi connectivity index (χ2v) is 6.53. The van der Waals surface area contributed by atoms with Crippen molar-refractivity contribution in [2.24, 2.45) is 0 Å². The number of hydrogen-bond acceptors (Lipinski definition) is 4. The van der Waals surface area contributed by atoms with E-state index in [0.29, 0.717) is 6.54 Å². The Bertz CT molecular complexity index is 762. The summed E-state index contributed by atoms with van der Waals surface area (Å²) in [7, 11) is 0. The molecule has 0 atom stereocenters. The number of aliphatic hydroxyl groups is 2. The van der Waals surface area contributed by atoms with E-state index in [1.807, 2.05) is 6.92 Å². The fourth-order valence-electron chi connectivity index (χ4n) is 2.42. The van der Waals surface area contributed by atoms with E-state index in [9.17, 15) is 10.2 Å². The monoisotopic (exact) mass is 301 g/mol. The zero-order valence-corrected chi connectivity index (χ0v) is 12.8. The summed E-state index contributed by atoms with van der Waals surface area (Å²) in [6, 6.07) is 12.7. The Balaban J connectivity index is 1.96. The number of benzene rings is 2. The molecule has 0 saturated carbocycles. The van der Waals surface area contributed by atoms with Crippen LogP contribution in [-0.4, -0.2) is 29.0 Å². The average Bonchev–Trinajstić information content (AvgIpc) is 2.96. The first-order chi connectivity index (χ1) is 10.2. The summed E-state index contributed by atoms with van der Waals surface area (Å²) in [6.45, 7) is 2.27. The van der Waals surface area contributed by atoms with Crippen LogP contribution in [-0.2, 0) is 6.54 Å². The molecule has 0 radical (unpaired) electrons. The third kappa shape index (κ3) is 2.68. The topological polar surface area (TPSA) is 52.5 Å². The van der Waals surface area contributed by atoms with Crippen LogP contribution in [0.4, 0.5) is 0 Å². The van der Waals surface area contributed by atoms with Crippen LogP contribution in [0.1, 0.15) is 12.5 Å². The first-order valence-electron chi connectivity index (χ1n) is 7.01. The normalized spacial score (nSPS) is 12.3. The SMILES string of the molecule is CC(CO)(CO)NCc1csc2c1ccc1ccccc12. The lowest BCUT2D eigenvalue weighted by molar-refractivity contribution is 0.103. The highest BCUT2D eigenvalue weighted by atomic mass is 32.1. The van der Waals surface area contributed by atoms with Crippen molar-refractivity contribution in [3.8, 4) is 0 Å². The molecule has 21 heavy (non-hydrogen) atoms. The van der Waals surface area contributed by atoms with Gasteiger partial charge in [-0.3, -0.25) is 0 Å². The lowest BCUT2D eigenvalue weighted by Crippen LogP contribution is -2.48. The van der Waals surface area contributed by atoms with Crippen LogP contribution >= 0.6 is 11.3 Å². The first kappa shape index (κ1) is 14.5. The Kier molecular flexibility index (Phi) is 3.95. The zero-order valence-electron chi connectivity index (χ0n) is 12.0. The highest BCUT2D eigenvalue weighted by Gasteiger charge is 2.21. The minimum absolute atomic E-state index is 0.0888. The third-order valence-corrected chi connectivity index (χ3v) is 5.03. The molecule has 0 aliphatic heterocycles. The molecule has 3 rings (SSSR count). The van der Waals surface area contributed by atoms with Gasteiger partial charge in [0, 0.05) is 11.2 Å². The number of nitrogens with one attached hydrogen (secondary N) is 1. The van der Waals surface area contributed by atoms with Gasteiger partial charge in [0.05, 0.1) is 18.8 Å². The highest BCUT2D eigenvalue weighted by molar-refractivity contribution is 7.18. The van der Waals surface area contributed by atoms with Gasteiger partial charge in [-0.2, -0.15) is 0 Å². The summed E-state index contributed by atoms with van der Waals surface area (Å²) in [5.41, 5.74) is 0.555. The second kappa shape index (κ2) is 5.73. The van der Waals surface area contributed by atoms with Gasteiger partial charge in [0.1, 0.15) is 0 Å². The summed E-state index contributed by atoms with van der Waals surface area (Å²) < 4.78 is 1.29. The Morgan fingerprint density at radius 2 is 1.81 bits per heavy atom. The van der Waals surface area contributed by atoms with Crippen molar-refractivity contribution < 1.29 is 10.2 Å². The predicted molar refractivity (Wildman–Crippen MR) is 88.7 cm³/mol. The third-order valence-electron chi connectivity index (χ3n) is 3.95. The number of hydrogen-bond donors (Lipinski definition) is 3. The molecule has 0 bridgehead atoms. The van der Waals surface area contributed by atoms with Crippen molar-refractivity contribution in [1.29, 1.82) is 0 Å². The molecule has 0 aliphatic carbocycles. The largest absolute Gasteiger partial charge is 0.394 e. The molecule has 0 amide bonds. The van der Waals surface area contributed by atoms with Gasteiger partial charge in [-0.05, 0) is 34.0 Å². The maximum Gasteiger partial charge on any atom is 0.0633 e. The Hall–Kier alpha value is -1.46. The van der Waals surface area contributed by atoms with Crippen molar-refractivity contribution in [2.75, 3.05) is 13.2 Å². The van der Waals surface area contributed by atoms with Gasteiger partial charge in [-0.1, -0.05) is 36.4 Å². The van der Waals surface area contributed by atoms with Crippen molar-refractivity contribution in [3.05, 3.63) is 47.3 Å². The lowest BCUT2D eigenvalue weighted by Gasteiger charge is -2.26. The molecular formula is C17H19NO2S. The Morgan fingerprint density at radius 1 is 1.05 bits per heavy atom. The van der Waals surface area contributed by atoms with Crippen LogP contribution in [0.25, 0.3) is 20.9 Å². The lowest BCUT2D eigenvalue weighted by atomic mass is 10.0. The summed E-state index contributed by atoms with van der Waals surface area (Å²) >= 11 is 1.74. The average molecular weight is 301 g/mol. The molecule has 3 aromatic rings. The summed E-state index contributed by atoms with van der Waals surface area (Å²) in [5.74, 6) is 0. The molecule has 3 N–H and O–H groups in total. The van der Waals surface area contributed by atoms with E-state index in [1.54, 1.807) is 11.3 Å². The number of aliphatic hydroxyl groups excluding tert-OH is 2. The number of thiophene rings is 1. The molecule has 0 aliphatic rings. The first-order valence-corrected chi connectivity index (χ1v) is 7.89. The fraction of sp³-hybridized carbons (Fsp3) is 0.294. The summed E-state index contributed by atoms with van der Waals surface area (Å²) in [5, 5.41) is 27.9. The minimum atomic E-state index is -0.648. The van der Waals surface area contributed by atoms with Crippen LogP contribution in [0.5, 0.6) is 0 Å². The standard InChI is InChI=1S/C17H19NO2S/c1-17(10-19,11-20)18-8-13-9-21-16-14-5-3-2-4-12(14)6-7-15(13)16/h2-7,9,18-20H,8,10-11H2,1H3. The molecule has 0 unspecified atom stereocenters. The highest BCUT2D eigenvalue weighted by Crippen LogP contribution is 2.33. The van der Waals surface area contributed by atoms with Gasteiger partial charge in [0.15, 0.2) is 0 Å². The van der Waals surface area contributed by atoms with E-state index in [4.69, 9.17) is 0 Å². The molecule has 0 fully saturated rings. The van der Waals surface area contributed by atoms with Crippen molar-refractivity contribution >= 4 is 32.2 Å². The molecule has 2 aromatic carbocycles. The second-order valence-electron chi connectivity index (χ2n) is 5.65. The quantitative estimate of drug-likeness (QED) is 0.679. The summed E-state index contributed by atoms with van der Waals surface area (Å²) in [6.07, 6.45) is 0. The smallest absolute Gasteiger partial charge is 0.0633 e. The van der Waals surface area contributed by atoms with Gasteiger partial charge in [-0.15, -0.1) is 11.3 Å². The molecule has 1 aromatic heterocycles.